The molecular weight excluding hydrogens is 222 g/mol. The number of fused-ring (bicyclic) bond motifs is 1. The van der Waals surface area contributed by atoms with Gasteiger partial charge in [0, 0.05) is 0 Å². The van der Waals surface area contributed by atoms with Gasteiger partial charge in [-0.25, -0.2) is 4.68 Å². The van der Waals surface area contributed by atoms with Crippen molar-refractivity contribution in [3.8, 4) is 5.69 Å². The van der Waals surface area contributed by atoms with E-state index in [0.717, 1.165) is 22.3 Å². The predicted molar refractivity (Wildman–Crippen MR) is 73.7 cm³/mol. The molecule has 1 heterocycles. The van der Waals surface area contributed by atoms with Gasteiger partial charge in [0.1, 0.15) is 5.52 Å². The number of para-hydroxylation sites is 1. The van der Waals surface area contributed by atoms with Gasteiger partial charge in [-0.3, -0.25) is 0 Å². The molecule has 3 rings (SSSR count). The topological polar surface area (TPSA) is 30.7 Å². The normalized spacial score (nSPS) is 10.7. The van der Waals surface area contributed by atoms with E-state index in [9.17, 15) is 0 Å². The first-order valence-electron chi connectivity index (χ1n) is 5.83. The number of hydrogen-bond donors (Lipinski definition) is 0. The first kappa shape index (κ1) is 10.7. The highest BCUT2D eigenvalue weighted by Crippen LogP contribution is 2.19. The maximum Gasteiger partial charge on any atom is 0.113 e. The van der Waals surface area contributed by atoms with Gasteiger partial charge in [0.2, 0.25) is 0 Å². The van der Waals surface area contributed by atoms with Crippen molar-refractivity contribution in [1.29, 1.82) is 0 Å². The predicted octanol–water partition coefficient (Wildman–Crippen LogP) is 3.37. The van der Waals surface area contributed by atoms with Gasteiger partial charge in [0.15, 0.2) is 0 Å². The maximum atomic E-state index is 4.20. The lowest BCUT2D eigenvalue weighted by Gasteiger charge is -2.06. The molecule has 0 unspecified atom stereocenters. The summed E-state index contributed by atoms with van der Waals surface area (Å²) in [7, 11) is 0. The lowest BCUT2D eigenvalue weighted by atomic mass is 10.1. The average Bonchev–Trinajstić information content (AvgIpc) is 2.83. The molecule has 0 aliphatic carbocycles. The minimum absolute atomic E-state index is 0.901. The van der Waals surface area contributed by atoms with Crippen LogP contribution in [0.3, 0.4) is 0 Å². The van der Waals surface area contributed by atoms with Gasteiger partial charge in [0.05, 0.1) is 11.2 Å². The van der Waals surface area contributed by atoms with Crippen molar-refractivity contribution < 1.29 is 0 Å². The molecule has 0 aliphatic rings. The molecule has 3 aromatic rings. The number of aryl methyl sites for hydroxylation is 1. The Balaban J connectivity index is 2.23. The Morgan fingerprint density at radius 2 is 2.00 bits per heavy atom. The summed E-state index contributed by atoms with van der Waals surface area (Å²) >= 11 is 0. The molecule has 0 atom stereocenters. The Kier molecular flexibility index (Phi) is 2.45. The number of aromatic nitrogens is 3. The highest BCUT2D eigenvalue weighted by molar-refractivity contribution is 5.76. The second-order valence-corrected chi connectivity index (χ2v) is 4.23. The van der Waals surface area contributed by atoms with Crippen LogP contribution in [0.15, 0.2) is 49.0 Å². The number of hydrogen-bond acceptors (Lipinski definition) is 2. The van der Waals surface area contributed by atoms with Crippen molar-refractivity contribution >= 4 is 17.1 Å². The third kappa shape index (κ3) is 1.61. The van der Waals surface area contributed by atoms with Crippen LogP contribution in [0.1, 0.15) is 11.1 Å². The van der Waals surface area contributed by atoms with E-state index in [4.69, 9.17) is 0 Å². The Morgan fingerprint density at radius 1 is 1.17 bits per heavy atom. The number of nitrogens with zero attached hydrogens (tertiary/aromatic N) is 3. The van der Waals surface area contributed by atoms with Crippen LogP contribution in [0, 0.1) is 6.92 Å². The van der Waals surface area contributed by atoms with E-state index >= 15 is 0 Å². The fourth-order valence-corrected chi connectivity index (χ4v) is 2.04. The van der Waals surface area contributed by atoms with Gasteiger partial charge in [-0.1, -0.05) is 36.1 Å². The van der Waals surface area contributed by atoms with Gasteiger partial charge < -0.3 is 0 Å². The van der Waals surface area contributed by atoms with E-state index in [1.165, 1.54) is 5.56 Å². The largest absolute Gasteiger partial charge is 0.213 e. The van der Waals surface area contributed by atoms with Gasteiger partial charge in [-0.05, 0) is 42.3 Å². The molecular formula is C15H13N3. The molecule has 0 saturated carbocycles. The van der Waals surface area contributed by atoms with E-state index < -0.39 is 0 Å². The summed E-state index contributed by atoms with van der Waals surface area (Å²) in [6.07, 6.45) is 1.86. The Morgan fingerprint density at radius 3 is 2.83 bits per heavy atom. The lowest BCUT2D eigenvalue weighted by Crippen LogP contribution is -1.97. The molecule has 18 heavy (non-hydrogen) atoms. The van der Waals surface area contributed by atoms with E-state index in [-0.39, 0.29) is 0 Å². The van der Waals surface area contributed by atoms with Crippen molar-refractivity contribution in [3.63, 3.8) is 0 Å². The molecule has 0 N–H and O–H groups in total. The fourth-order valence-electron chi connectivity index (χ4n) is 2.04. The third-order valence-corrected chi connectivity index (χ3v) is 3.08. The molecule has 0 radical (unpaired) electrons. The van der Waals surface area contributed by atoms with Crippen LogP contribution in [0.4, 0.5) is 0 Å². The highest BCUT2D eigenvalue weighted by Gasteiger charge is 2.06. The smallest absolute Gasteiger partial charge is 0.113 e. The number of rotatable bonds is 2. The van der Waals surface area contributed by atoms with E-state index in [0.29, 0.717) is 0 Å². The molecule has 0 aliphatic heterocycles. The molecule has 0 fully saturated rings. The SMILES string of the molecule is C=Cc1cc(-n2nnc3ccccc32)ccc1C. The summed E-state index contributed by atoms with van der Waals surface area (Å²) in [5, 5.41) is 8.36. The summed E-state index contributed by atoms with van der Waals surface area (Å²) in [5.74, 6) is 0. The van der Waals surface area contributed by atoms with Crippen LogP contribution < -0.4 is 0 Å². The molecule has 2 aromatic carbocycles. The molecule has 0 bridgehead atoms. The fraction of sp³-hybridized carbons (Fsp3) is 0.0667. The molecule has 3 nitrogen and oxygen atoms in total. The minimum atomic E-state index is 0.901. The van der Waals surface area contributed by atoms with Crippen LogP contribution in [0.25, 0.3) is 22.8 Å². The first-order valence-corrected chi connectivity index (χ1v) is 5.83. The monoisotopic (exact) mass is 235 g/mol. The Labute approximate surface area is 105 Å². The second kappa shape index (κ2) is 4.11. The van der Waals surface area contributed by atoms with Crippen LogP contribution >= 0.6 is 0 Å². The molecule has 88 valence electrons. The van der Waals surface area contributed by atoms with Crippen LogP contribution in [-0.2, 0) is 0 Å². The van der Waals surface area contributed by atoms with Crippen molar-refractivity contribution in [2.24, 2.45) is 0 Å². The van der Waals surface area contributed by atoms with Crippen molar-refractivity contribution in [2.45, 2.75) is 6.92 Å². The lowest BCUT2D eigenvalue weighted by molar-refractivity contribution is 0.823. The highest BCUT2D eigenvalue weighted by atomic mass is 15.4. The Bertz CT molecular complexity index is 725. The molecule has 0 spiro atoms. The molecule has 0 saturated heterocycles. The molecule has 0 amide bonds. The maximum absolute atomic E-state index is 4.20. The standard InChI is InChI=1S/C15H13N3/c1-3-12-10-13(9-8-11(12)2)18-15-7-5-4-6-14(15)16-17-18/h3-10H,1H2,2H3. The van der Waals surface area contributed by atoms with Crippen molar-refractivity contribution in [2.75, 3.05) is 0 Å². The van der Waals surface area contributed by atoms with Crippen LogP contribution in [0.5, 0.6) is 0 Å². The van der Waals surface area contributed by atoms with Crippen LogP contribution in [-0.4, -0.2) is 15.0 Å². The third-order valence-electron chi connectivity index (χ3n) is 3.08. The summed E-state index contributed by atoms with van der Waals surface area (Å²) in [4.78, 5) is 0. The zero-order chi connectivity index (χ0) is 12.5. The minimum Gasteiger partial charge on any atom is -0.213 e. The summed E-state index contributed by atoms with van der Waals surface area (Å²) in [6.45, 7) is 5.90. The molecule has 3 heteroatoms. The molecule has 1 aromatic heterocycles. The van der Waals surface area contributed by atoms with Gasteiger partial charge in [-0.2, -0.15) is 0 Å². The van der Waals surface area contributed by atoms with Crippen molar-refractivity contribution in [1.82, 2.24) is 15.0 Å². The van der Waals surface area contributed by atoms with Gasteiger partial charge in [0.25, 0.3) is 0 Å². The Hall–Kier alpha value is -2.42. The van der Waals surface area contributed by atoms with Crippen LogP contribution in [0.2, 0.25) is 0 Å². The first-order chi connectivity index (χ1) is 8.79. The zero-order valence-corrected chi connectivity index (χ0v) is 10.2. The quantitative estimate of drug-likeness (QED) is 0.681. The van der Waals surface area contributed by atoms with Crippen molar-refractivity contribution in [3.05, 3.63) is 60.2 Å². The average molecular weight is 235 g/mol. The van der Waals surface area contributed by atoms with Gasteiger partial charge >= 0.3 is 0 Å². The zero-order valence-electron chi connectivity index (χ0n) is 10.2. The number of benzene rings is 2. The van der Waals surface area contributed by atoms with E-state index in [2.05, 4.69) is 35.9 Å². The van der Waals surface area contributed by atoms with Gasteiger partial charge in [-0.15, -0.1) is 5.10 Å². The second-order valence-electron chi connectivity index (χ2n) is 4.23. The summed E-state index contributed by atoms with van der Waals surface area (Å²) < 4.78 is 1.85. The summed E-state index contributed by atoms with van der Waals surface area (Å²) in [6, 6.07) is 14.1. The van der Waals surface area contributed by atoms with E-state index in [1.54, 1.807) is 0 Å². The summed E-state index contributed by atoms with van der Waals surface area (Å²) in [5.41, 5.74) is 5.24. The van der Waals surface area contributed by atoms with E-state index in [1.807, 2.05) is 41.1 Å².